The molecule has 0 amide bonds. The highest BCUT2D eigenvalue weighted by Gasteiger charge is 2.30. The largest absolute Gasteiger partial charge is 0.342 e. The van der Waals surface area contributed by atoms with Crippen molar-refractivity contribution in [2.75, 3.05) is 11.4 Å². The SMILES string of the molecule is O=[N+]([O-])c1cccnc1N1CCCC[C@@H]1c1ccn[nH]1. The topological polar surface area (TPSA) is 87.9 Å². The molecule has 0 unspecified atom stereocenters. The van der Waals surface area contributed by atoms with Crippen molar-refractivity contribution < 1.29 is 4.92 Å². The first kappa shape index (κ1) is 12.6. The third kappa shape index (κ3) is 2.22. The van der Waals surface area contributed by atoms with Crippen LogP contribution in [0.1, 0.15) is 31.0 Å². The van der Waals surface area contributed by atoms with Gasteiger partial charge in [-0.2, -0.15) is 5.10 Å². The van der Waals surface area contributed by atoms with Crippen LogP contribution in [0.15, 0.2) is 30.6 Å². The summed E-state index contributed by atoms with van der Waals surface area (Å²) in [5.41, 5.74) is 1.03. The molecular formula is C13H15N5O2. The maximum atomic E-state index is 11.2. The Bertz CT molecular complexity index is 599. The van der Waals surface area contributed by atoms with Gasteiger partial charge in [0.2, 0.25) is 5.82 Å². The number of hydrogen-bond acceptors (Lipinski definition) is 5. The molecule has 7 nitrogen and oxygen atoms in total. The number of pyridine rings is 1. The van der Waals surface area contributed by atoms with Crippen LogP contribution in [0.4, 0.5) is 11.5 Å². The number of piperidine rings is 1. The average molecular weight is 273 g/mol. The zero-order valence-corrected chi connectivity index (χ0v) is 10.9. The first-order valence-electron chi connectivity index (χ1n) is 6.62. The monoisotopic (exact) mass is 273 g/mol. The quantitative estimate of drug-likeness (QED) is 0.685. The van der Waals surface area contributed by atoms with E-state index in [-0.39, 0.29) is 16.7 Å². The summed E-state index contributed by atoms with van der Waals surface area (Å²) in [6, 6.07) is 5.08. The maximum Gasteiger partial charge on any atom is 0.311 e. The first-order chi connectivity index (χ1) is 9.77. The number of rotatable bonds is 3. The van der Waals surface area contributed by atoms with Crippen molar-refractivity contribution in [3.05, 3.63) is 46.4 Å². The highest BCUT2D eigenvalue weighted by atomic mass is 16.6. The van der Waals surface area contributed by atoms with Gasteiger partial charge in [0.05, 0.1) is 16.7 Å². The molecule has 1 aliphatic heterocycles. The molecule has 104 valence electrons. The summed E-state index contributed by atoms with van der Waals surface area (Å²) in [6.07, 6.45) is 6.35. The highest BCUT2D eigenvalue weighted by Crippen LogP contribution is 2.36. The van der Waals surface area contributed by atoms with Crippen LogP contribution in [0.25, 0.3) is 0 Å². The number of nitro groups is 1. The molecule has 3 rings (SSSR count). The summed E-state index contributed by atoms with van der Waals surface area (Å²) in [6.45, 7) is 0.765. The molecule has 1 atom stereocenters. The van der Waals surface area contributed by atoms with Gasteiger partial charge in [0.25, 0.3) is 0 Å². The van der Waals surface area contributed by atoms with Gasteiger partial charge in [0.15, 0.2) is 0 Å². The van der Waals surface area contributed by atoms with E-state index in [2.05, 4.69) is 15.2 Å². The zero-order chi connectivity index (χ0) is 13.9. The third-order valence-corrected chi connectivity index (χ3v) is 3.62. The van der Waals surface area contributed by atoms with E-state index in [1.54, 1.807) is 18.5 Å². The fraction of sp³-hybridized carbons (Fsp3) is 0.385. The van der Waals surface area contributed by atoms with Crippen LogP contribution < -0.4 is 4.90 Å². The summed E-state index contributed by atoms with van der Waals surface area (Å²) in [5, 5.41) is 18.1. The molecule has 1 aliphatic rings. The summed E-state index contributed by atoms with van der Waals surface area (Å²) < 4.78 is 0. The molecule has 20 heavy (non-hydrogen) atoms. The fourth-order valence-electron chi connectivity index (χ4n) is 2.71. The highest BCUT2D eigenvalue weighted by molar-refractivity contribution is 5.58. The molecule has 1 saturated heterocycles. The smallest absolute Gasteiger partial charge is 0.311 e. The van der Waals surface area contributed by atoms with Crippen molar-refractivity contribution in [2.24, 2.45) is 0 Å². The van der Waals surface area contributed by atoms with Crippen LogP contribution >= 0.6 is 0 Å². The van der Waals surface area contributed by atoms with Crippen LogP contribution in [0.2, 0.25) is 0 Å². The van der Waals surface area contributed by atoms with Crippen LogP contribution in [-0.2, 0) is 0 Å². The average Bonchev–Trinajstić information content (AvgIpc) is 3.01. The fourth-order valence-corrected chi connectivity index (χ4v) is 2.71. The van der Waals surface area contributed by atoms with E-state index in [1.807, 2.05) is 11.0 Å². The van der Waals surface area contributed by atoms with E-state index in [0.29, 0.717) is 5.82 Å². The molecule has 0 bridgehead atoms. The predicted molar refractivity (Wildman–Crippen MR) is 73.4 cm³/mol. The number of nitrogens with zero attached hydrogens (tertiary/aromatic N) is 4. The minimum Gasteiger partial charge on any atom is -0.342 e. The van der Waals surface area contributed by atoms with Crippen molar-refractivity contribution in [3.8, 4) is 0 Å². The number of aromatic amines is 1. The van der Waals surface area contributed by atoms with Gasteiger partial charge in [-0.15, -0.1) is 0 Å². The van der Waals surface area contributed by atoms with Gasteiger partial charge in [-0.3, -0.25) is 15.2 Å². The predicted octanol–water partition coefficient (Wildman–Crippen LogP) is 2.44. The lowest BCUT2D eigenvalue weighted by atomic mass is 9.99. The zero-order valence-electron chi connectivity index (χ0n) is 10.9. The van der Waals surface area contributed by atoms with Crippen LogP contribution in [-0.4, -0.2) is 26.6 Å². The summed E-state index contributed by atoms with van der Waals surface area (Å²) in [7, 11) is 0. The molecule has 0 radical (unpaired) electrons. The number of aromatic nitrogens is 3. The minimum absolute atomic E-state index is 0.0546. The Morgan fingerprint density at radius 3 is 3.00 bits per heavy atom. The lowest BCUT2D eigenvalue weighted by Gasteiger charge is -2.35. The van der Waals surface area contributed by atoms with E-state index in [1.165, 1.54) is 6.07 Å². The van der Waals surface area contributed by atoms with E-state index in [4.69, 9.17) is 0 Å². The first-order valence-corrected chi connectivity index (χ1v) is 6.62. The van der Waals surface area contributed by atoms with Crippen molar-refractivity contribution in [1.29, 1.82) is 0 Å². The second-order valence-electron chi connectivity index (χ2n) is 4.82. The van der Waals surface area contributed by atoms with Crippen molar-refractivity contribution in [1.82, 2.24) is 15.2 Å². The van der Waals surface area contributed by atoms with E-state index in [9.17, 15) is 10.1 Å². The Balaban J connectivity index is 2.00. The Kier molecular flexibility index (Phi) is 3.32. The second-order valence-corrected chi connectivity index (χ2v) is 4.82. The Labute approximate surface area is 115 Å². The number of H-pyrrole nitrogens is 1. The van der Waals surface area contributed by atoms with Gasteiger partial charge in [-0.1, -0.05) is 0 Å². The lowest BCUT2D eigenvalue weighted by Crippen LogP contribution is -2.34. The van der Waals surface area contributed by atoms with Gasteiger partial charge >= 0.3 is 5.69 Å². The summed E-state index contributed by atoms with van der Waals surface area (Å²) in [5.74, 6) is 0.441. The number of anilines is 1. The summed E-state index contributed by atoms with van der Waals surface area (Å²) in [4.78, 5) is 17.0. The van der Waals surface area contributed by atoms with Gasteiger partial charge in [0, 0.05) is 25.0 Å². The van der Waals surface area contributed by atoms with Crippen LogP contribution in [0.3, 0.4) is 0 Å². The maximum absolute atomic E-state index is 11.2. The van der Waals surface area contributed by atoms with E-state index >= 15 is 0 Å². The molecule has 3 heterocycles. The normalized spacial score (nSPS) is 19.0. The third-order valence-electron chi connectivity index (χ3n) is 3.62. The van der Waals surface area contributed by atoms with Gasteiger partial charge in [-0.25, -0.2) is 4.98 Å². The molecule has 0 spiro atoms. The van der Waals surface area contributed by atoms with Crippen molar-refractivity contribution in [3.63, 3.8) is 0 Å². The Morgan fingerprint density at radius 2 is 2.25 bits per heavy atom. The molecule has 7 heteroatoms. The Hall–Kier alpha value is -2.44. The van der Waals surface area contributed by atoms with E-state index in [0.717, 1.165) is 31.5 Å². The molecule has 0 aromatic carbocycles. The number of hydrogen-bond donors (Lipinski definition) is 1. The molecule has 2 aromatic heterocycles. The minimum atomic E-state index is -0.374. The molecule has 0 aliphatic carbocycles. The second kappa shape index (κ2) is 5.28. The summed E-state index contributed by atoms with van der Waals surface area (Å²) >= 11 is 0. The molecule has 1 N–H and O–H groups in total. The standard InChI is InChI=1S/C13H15N5O2/c19-18(20)12-5-3-7-14-13(12)17-9-2-1-4-11(17)10-6-8-15-16-10/h3,5-8,11H,1-2,4,9H2,(H,15,16)/t11-/m1/s1. The van der Waals surface area contributed by atoms with E-state index < -0.39 is 0 Å². The van der Waals surface area contributed by atoms with Gasteiger partial charge < -0.3 is 4.90 Å². The van der Waals surface area contributed by atoms with Crippen LogP contribution in [0.5, 0.6) is 0 Å². The molecule has 1 fully saturated rings. The van der Waals surface area contributed by atoms with Gasteiger partial charge in [-0.05, 0) is 31.4 Å². The molecular weight excluding hydrogens is 258 g/mol. The number of nitrogens with one attached hydrogen (secondary N) is 1. The van der Waals surface area contributed by atoms with Crippen molar-refractivity contribution in [2.45, 2.75) is 25.3 Å². The molecule has 2 aromatic rings. The van der Waals surface area contributed by atoms with Crippen LogP contribution in [0, 0.1) is 10.1 Å². The van der Waals surface area contributed by atoms with Gasteiger partial charge in [0.1, 0.15) is 0 Å². The molecule has 0 saturated carbocycles. The van der Waals surface area contributed by atoms with Crippen molar-refractivity contribution >= 4 is 11.5 Å². The Morgan fingerprint density at radius 1 is 1.35 bits per heavy atom. The lowest BCUT2D eigenvalue weighted by molar-refractivity contribution is -0.384.